The van der Waals surface area contributed by atoms with Gasteiger partial charge in [0.15, 0.2) is 17.5 Å². The Hall–Kier alpha value is -2.73. The van der Waals surface area contributed by atoms with E-state index < -0.39 is 0 Å². The molecule has 0 radical (unpaired) electrons. The van der Waals surface area contributed by atoms with Gasteiger partial charge in [-0.15, -0.1) is 0 Å². The third kappa shape index (κ3) is 5.37. The van der Waals surface area contributed by atoms with Gasteiger partial charge in [0.1, 0.15) is 0 Å². The number of aliphatic imine (C=N–C) groups is 1. The van der Waals surface area contributed by atoms with E-state index in [-0.39, 0.29) is 0 Å². The molecule has 1 heterocycles. The van der Waals surface area contributed by atoms with Crippen LogP contribution in [-0.4, -0.2) is 32.8 Å². The first kappa shape index (κ1) is 19.0. The Bertz CT molecular complexity index is 777. The maximum absolute atomic E-state index is 5.75. The van der Waals surface area contributed by atoms with Gasteiger partial charge in [0.05, 0.1) is 19.8 Å². The zero-order chi connectivity index (χ0) is 18.9. The molecule has 0 atom stereocenters. The molecule has 0 bridgehead atoms. The summed E-state index contributed by atoms with van der Waals surface area (Å²) in [6.45, 7) is 5.33. The first-order valence-corrected chi connectivity index (χ1v) is 9.32. The second-order valence-corrected chi connectivity index (χ2v) is 6.17. The van der Waals surface area contributed by atoms with Crippen molar-refractivity contribution < 1.29 is 14.2 Å². The van der Waals surface area contributed by atoms with Gasteiger partial charge in [0.2, 0.25) is 0 Å². The van der Waals surface area contributed by atoms with Crippen LogP contribution in [0.1, 0.15) is 24.5 Å². The Labute approximate surface area is 160 Å². The summed E-state index contributed by atoms with van der Waals surface area (Å²) >= 11 is 0. The average Bonchev–Trinajstić information content (AvgIpc) is 2.95. The lowest BCUT2D eigenvalue weighted by Gasteiger charge is -2.15. The first-order chi connectivity index (χ1) is 13.3. The van der Waals surface area contributed by atoms with E-state index in [0.29, 0.717) is 38.9 Å². The molecule has 2 aromatic carbocycles. The molecule has 0 spiro atoms. The van der Waals surface area contributed by atoms with Crippen LogP contribution in [0.4, 0.5) is 5.69 Å². The summed E-state index contributed by atoms with van der Waals surface area (Å²) in [6.07, 6.45) is 0.891. The summed E-state index contributed by atoms with van der Waals surface area (Å²) in [7, 11) is 1.75. The summed E-state index contributed by atoms with van der Waals surface area (Å²) in [4.78, 5) is 4.31. The van der Waals surface area contributed by atoms with Crippen molar-refractivity contribution in [3.05, 3.63) is 53.6 Å². The fourth-order valence-corrected chi connectivity index (χ4v) is 2.82. The highest BCUT2D eigenvalue weighted by atomic mass is 16.5. The average molecular weight is 369 g/mol. The molecule has 6 heteroatoms. The lowest BCUT2D eigenvalue weighted by atomic mass is 10.1. The van der Waals surface area contributed by atoms with Gasteiger partial charge in [-0.3, -0.25) is 4.99 Å². The van der Waals surface area contributed by atoms with Crippen molar-refractivity contribution in [1.29, 1.82) is 0 Å². The fraction of sp³-hybridized carbons (Fsp3) is 0.381. The van der Waals surface area contributed by atoms with Crippen molar-refractivity contribution >= 4 is 11.6 Å². The second-order valence-electron chi connectivity index (χ2n) is 6.17. The third-order valence-electron chi connectivity index (χ3n) is 4.26. The van der Waals surface area contributed by atoms with Gasteiger partial charge in [0, 0.05) is 38.4 Å². The Morgan fingerprint density at radius 1 is 1.07 bits per heavy atom. The summed E-state index contributed by atoms with van der Waals surface area (Å²) in [5, 5.41) is 6.66. The molecule has 1 aliphatic rings. The van der Waals surface area contributed by atoms with Gasteiger partial charge < -0.3 is 24.8 Å². The monoisotopic (exact) mass is 369 g/mol. The standard InChI is InChI=1S/C21H27N3O3/c1-3-25-15-17-8-5-4-7-16(17)14-23-21(22-2)24-18-9-10-19-20(13-18)27-12-6-11-26-19/h4-5,7-10,13H,3,6,11-12,14-15H2,1-2H3,(H2,22,23,24). The van der Waals surface area contributed by atoms with Crippen LogP contribution in [0.25, 0.3) is 0 Å². The molecule has 0 aromatic heterocycles. The highest BCUT2D eigenvalue weighted by Crippen LogP contribution is 2.32. The molecule has 2 aromatic rings. The lowest BCUT2D eigenvalue weighted by molar-refractivity contribution is 0.133. The molecule has 0 unspecified atom stereocenters. The van der Waals surface area contributed by atoms with Crippen LogP contribution in [0, 0.1) is 0 Å². The van der Waals surface area contributed by atoms with Crippen LogP contribution in [0.3, 0.4) is 0 Å². The van der Waals surface area contributed by atoms with Crippen LogP contribution < -0.4 is 20.1 Å². The smallest absolute Gasteiger partial charge is 0.195 e. The normalized spacial score (nSPS) is 13.8. The third-order valence-corrected chi connectivity index (χ3v) is 4.26. The Kier molecular flexibility index (Phi) is 6.93. The van der Waals surface area contributed by atoms with Crippen molar-refractivity contribution in [2.45, 2.75) is 26.5 Å². The quantitative estimate of drug-likeness (QED) is 0.602. The number of benzene rings is 2. The Morgan fingerprint density at radius 3 is 2.63 bits per heavy atom. The molecule has 0 amide bonds. The van der Waals surface area contributed by atoms with Gasteiger partial charge >= 0.3 is 0 Å². The highest BCUT2D eigenvalue weighted by Gasteiger charge is 2.11. The number of ether oxygens (including phenoxy) is 3. The predicted molar refractivity (Wildman–Crippen MR) is 108 cm³/mol. The number of nitrogens with zero attached hydrogens (tertiary/aromatic N) is 1. The number of rotatable bonds is 6. The van der Waals surface area contributed by atoms with Gasteiger partial charge in [-0.2, -0.15) is 0 Å². The van der Waals surface area contributed by atoms with E-state index >= 15 is 0 Å². The first-order valence-electron chi connectivity index (χ1n) is 9.32. The van der Waals surface area contributed by atoms with E-state index in [1.165, 1.54) is 11.1 Å². The number of anilines is 1. The summed E-state index contributed by atoms with van der Waals surface area (Å²) < 4.78 is 17.0. The Balaban J connectivity index is 1.63. The maximum Gasteiger partial charge on any atom is 0.195 e. The van der Waals surface area contributed by atoms with Crippen molar-refractivity contribution in [3.8, 4) is 11.5 Å². The summed E-state index contributed by atoms with van der Waals surface area (Å²) in [5.41, 5.74) is 3.26. The molecular weight excluding hydrogens is 342 g/mol. The van der Waals surface area contributed by atoms with Gasteiger partial charge in [-0.05, 0) is 30.2 Å². The largest absolute Gasteiger partial charge is 0.490 e. The van der Waals surface area contributed by atoms with Crippen molar-refractivity contribution in [2.75, 3.05) is 32.2 Å². The number of nitrogens with one attached hydrogen (secondary N) is 2. The molecule has 0 aliphatic carbocycles. The van der Waals surface area contributed by atoms with Crippen molar-refractivity contribution in [1.82, 2.24) is 5.32 Å². The van der Waals surface area contributed by atoms with E-state index in [9.17, 15) is 0 Å². The van der Waals surface area contributed by atoms with Gasteiger partial charge in [-0.25, -0.2) is 0 Å². The molecule has 6 nitrogen and oxygen atoms in total. The molecule has 144 valence electrons. The molecule has 27 heavy (non-hydrogen) atoms. The number of fused-ring (bicyclic) bond motifs is 1. The van der Waals surface area contributed by atoms with E-state index in [1.807, 2.05) is 37.3 Å². The van der Waals surface area contributed by atoms with Gasteiger partial charge in [0.25, 0.3) is 0 Å². The lowest BCUT2D eigenvalue weighted by Crippen LogP contribution is -2.30. The van der Waals surface area contributed by atoms with Crippen LogP contribution >= 0.6 is 0 Å². The van der Waals surface area contributed by atoms with Crippen LogP contribution in [0.5, 0.6) is 11.5 Å². The van der Waals surface area contributed by atoms with Crippen LogP contribution in [0.15, 0.2) is 47.5 Å². The molecule has 0 saturated heterocycles. The zero-order valence-corrected chi connectivity index (χ0v) is 16.0. The van der Waals surface area contributed by atoms with E-state index in [4.69, 9.17) is 14.2 Å². The van der Waals surface area contributed by atoms with Crippen molar-refractivity contribution in [3.63, 3.8) is 0 Å². The fourth-order valence-electron chi connectivity index (χ4n) is 2.82. The number of guanidine groups is 1. The minimum atomic E-state index is 0.614. The van der Waals surface area contributed by atoms with Gasteiger partial charge in [-0.1, -0.05) is 24.3 Å². The molecule has 0 saturated carbocycles. The second kappa shape index (κ2) is 9.83. The van der Waals surface area contributed by atoms with Crippen molar-refractivity contribution in [2.24, 2.45) is 4.99 Å². The minimum Gasteiger partial charge on any atom is -0.490 e. The van der Waals surface area contributed by atoms with Crippen LogP contribution in [0.2, 0.25) is 0 Å². The molecular formula is C21H27N3O3. The summed E-state index contributed by atoms with van der Waals surface area (Å²) in [6, 6.07) is 14.1. The van der Waals surface area contributed by atoms with Crippen LogP contribution in [-0.2, 0) is 17.9 Å². The summed E-state index contributed by atoms with van der Waals surface area (Å²) in [5.74, 6) is 2.23. The maximum atomic E-state index is 5.75. The topological polar surface area (TPSA) is 64.1 Å². The SMILES string of the molecule is CCOCc1ccccc1CNC(=NC)Nc1ccc2c(c1)OCCCO2. The predicted octanol–water partition coefficient (Wildman–Crippen LogP) is 3.57. The Morgan fingerprint density at radius 2 is 1.85 bits per heavy atom. The molecule has 2 N–H and O–H groups in total. The minimum absolute atomic E-state index is 0.614. The zero-order valence-electron chi connectivity index (χ0n) is 16.0. The number of hydrogen-bond donors (Lipinski definition) is 2. The van der Waals surface area contributed by atoms with E-state index in [0.717, 1.165) is 23.6 Å². The van der Waals surface area contributed by atoms with E-state index in [2.05, 4.69) is 27.8 Å². The molecule has 3 rings (SSSR count). The van der Waals surface area contributed by atoms with E-state index in [1.54, 1.807) is 7.05 Å². The highest BCUT2D eigenvalue weighted by molar-refractivity contribution is 5.93. The number of hydrogen-bond acceptors (Lipinski definition) is 4. The molecule has 0 fully saturated rings. The molecule has 1 aliphatic heterocycles.